The molecule has 0 saturated heterocycles. The molecular weight excluding hydrogens is 262 g/mol. The second-order valence-electron chi connectivity index (χ2n) is 6.89. The molecule has 1 aliphatic heterocycles. The molecule has 2 aliphatic rings. The van der Waals surface area contributed by atoms with Gasteiger partial charge in [0.25, 0.3) is 0 Å². The van der Waals surface area contributed by atoms with E-state index < -0.39 is 0 Å². The van der Waals surface area contributed by atoms with E-state index in [0.29, 0.717) is 11.8 Å². The Morgan fingerprint density at radius 3 is 3.00 bits per heavy atom. The summed E-state index contributed by atoms with van der Waals surface area (Å²) in [7, 11) is 0. The number of para-hydroxylation sites is 1. The summed E-state index contributed by atoms with van der Waals surface area (Å²) in [6.45, 7) is 4.29. The maximum Gasteiger partial charge on any atom is 0.122 e. The zero-order valence-electron chi connectivity index (χ0n) is 13.0. The van der Waals surface area contributed by atoms with Gasteiger partial charge < -0.3 is 15.2 Å². The van der Waals surface area contributed by atoms with Gasteiger partial charge >= 0.3 is 0 Å². The van der Waals surface area contributed by atoms with Gasteiger partial charge in [0.1, 0.15) is 5.75 Å². The molecule has 1 fully saturated rings. The van der Waals surface area contributed by atoms with Gasteiger partial charge in [-0.05, 0) is 36.8 Å². The number of hydrogen-bond donors (Lipinski definition) is 2. The van der Waals surface area contributed by atoms with E-state index in [1.54, 1.807) is 0 Å². The number of benzene rings is 1. The molecule has 3 unspecified atom stereocenters. The van der Waals surface area contributed by atoms with E-state index >= 15 is 0 Å². The Labute approximate surface area is 127 Å². The van der Waals surface area contributed by atoms with Crippen molar-refractivity contribution in [1.29, 1.82) is 0 Å². The van der Waals surface area contributed by atoms with E-state index in [1.807, 2.05) is 6.07 Å². The molecule has 1 aromatic rings. The molecule has 0 spiro atoms. The first-order valence-electron chi connectivity index (χ1n) is 8.30. The number of nitrogens with one attached hydrogen (secondary N) is 1. The Morgan fingerprint density at radius 1 is 1.33 bits per heavy atom. The lowest BCUT2D eigenvalue weighted by molar-refractivity contribution is 0.0965. The fourth-order valence-corrected chi connectivity index (χ4v) is 3.99. The minimum absolute atomic E-state index is 0.0646. The summed E-state index contributed by atoms with van der Waals surface area (Å²) in [5, 5.41) is 13.6. The molecule has 21 heavy (non-hydrogen) atoms. The molecule has 116 valence electrons. The molecule has 1 aliphatic carbocycles. The van der Waals surface area contributed by atoms with Crippen molar-refractivity contribution in [3.63, 3.8) is 0 Å². The smallest absolute Gasteiger partial charge is 0.122 e. The molecule has 0 bridgehead atoms. The third-order valence-electron chi connectivity index (χ3n) is 5.20. The summed E-state index contributed by atoms with van der Waals surface area (Å²) < 4.78 is 5.74. The van der Waals surface area contributed by atoms with Crippen LogP contribution in [0.1, 0.15) is 50.5 Å². The second-order valence-corrected chi connectivity index (χ2v) is 6.89. The fraction of sp³-hybridized carbons (Fsp3) is 0.667. The van der Waals surface area contributed by atoms with Gasteiger partial charge in [-0.15, -0.1) is 0 Å². The number of rotatable bonds is 4. The van der Waals surface area contributed by atoms with E-state index in [9.17, 15) is 5.11 Å². The van der Waals surface area contributed by atoms with Crippen LogP contribution < -0.4 is 10.1 Å². The van der Waals surface area contributed by atoms with Crippen LogP contribution in [0.2, 0.25) is 0 Å². The largest absolute Gasteiger partial charge is 0.493 e. The topological polar surface area (TPSA) is 41.5 Å². The number of hydrogen-bond acceptors (Lipinski definition) is 3. The van der Waals surface area contributed by atoms with Crippen LogP contribution in [0.5, 0.6) is 5.75 Å². The van der Waals surface area contributed by atoms with Crippen molar-refractivity contribution in [2.24, 2.45) is 5.92 Å². The van der Waals surface area contributed by atoms with Crippen LogP contribution in [-0.4, -0.2) is 30.4 Å². The molecule has 3 nitrogen and oxygen atoms in total. The van der Waals surface area contributed by atoms with E-state index in [4.69, 9.17) is 4.74 Å². The lowest BCUT2D eigenvalue weighted by atomic mass is 9.76. The summed E-state index contributed by atoms with van der Waals surface area (Å²) in [5.41, 5.74) is 1.25. The van der Waals surface area contributed by atoms with Crippen molar-refractivity contribution in [2.75, 3.05) is 19.8 Å². The minimum atomic E-state index is -0.0646. The first-order valence-corrected chi connectivity index (χ1v) is 8.30. The van der Waals surface area contributed by atoms with E-state index in [1.165, 1.54) is 18.4 Å². The predicted octanol–water partition coefficient (Wildman–Crippen LogP) is 3.08. The van der Waals surface area contributed by atoms with Gasteiger partial charge in [-0.1, -0.05) is 38.0 Å². The average Bonchev–Trinajstić information content (AvgIpc) is 2.53. The first-order chi connectivity index (χ1) is 10.2. The molecular formula is C18H27NO2. The maximum absolute atomic E-state index is 9.90. The second kappa shape index (κ2) is 6.37. The summed E-state index contributed by atoms with van der Waals surface area (Å²) in [6, 6.07) is 8.36. The van der Waals surface area contributed by atoms with Crippen LogP contribution in [0.4, 0.5) is 0 Å². The third kappa shape index (κ3) is 3.24. The van der Waals surface area contributed by atoms with E-state index in [2.05, 4.69) is 30.4 Å². The van der Waals surface area contributed by atoms with Gasteiger partial charge in [0, 0.05) is 18.0 Å². The highest BCUT2D eigenvalue weighted by Gasteiger charge is 2.35. The molecule has 2 N–H and O–H groups in total. The zero-order valence-corrected chi connectivity index (χ0v) is 13.0. The van der Waals surface area contributed by atoms with Crippen molar-refractivity contribution in [3.05, 3.63) is 29.8 Å². The number of ether oxygens (including phenoxy) is 1. The van der Waals surface area contributed by atoms with E-state index in [-0.39, 0.29) is 12.1 Å². The lowest BCUT2D eigenvalue weighted by Crippen LogP contribution is -2.52. The Hall–Kier alpha value is -1.06. The third-order valence-corrected chi connectivity index (χ3v) is 5.20. The van der Waals surface area contributed by atoms with Crippen molar-refractivity contribution in [1.82, 2.24) is 5.32 Å². The fourth-order valence-electron chi connectivity index (χ4n) is 3.99. The molecule has 3 heteroatoms. The summed E-state index contributed by atoms with van der Waals surface area (Å²) in [4.78, 5) is 0. The molecule has 3 atom stereocenters. The van der Waals surface area contributed by atoms with Gasteiger partial charge in [0.05, 0.1) is 13.2 Å². The molecule has 3 rings (SSSR count). The summed E-state index contributed by atoms with van der Waals surface area (Å²) in [5.74, 6) is 2.24. The monoisotopic (exact) mass is 289 g/mol. The normalized spacial score (nSPS) is 32.3. The Balaban J connectivity index is 1.67. The summed E-state index contributed by atoms with van der Waals surface area (Å²) in [6.07, 6.45) is 5.76. The van der Waals surface area contributed by atoms with Gasteiger partial charge in [-0.3, -0.25) is 0 Å². The number of aliphatic hydroxyl groups excluding tert-OH is 1. The van der Waals surface area contributed by atoms with Crippen LogP contribution in [0, 0.1) is 5.92 Å². The quantitative estimate of drug-likeness (QED) is 0.895. The summed E-state index contributed by atoms with van der Waals surface area (Å²) >= 11 is 0. The van der Waals surface area contributed by atoms with Crippen molar-refractivity contribution in [2.45, 2.75) is 50.5 Å². The van der Waals surface area contributed by atoms with Crippen molar-refractivity contribution >= 4 is 0 Å². The SMILES string of the molecule is CC1CCCC(CO)(NCC2CCOc3ccccc32)C1. The lowest BCUT2D eigenvalue weighted by Gasteiger charge is -2.41. The van der Waals surface area contributed by atoms with E-state index in [0.717, 1.165) is 38.2 Å². The highest BCUT2D eigenvalue weighted by atomic mass is 16.5. The van der Waals surface area contributed by atoms with Crippen molar-refractivity contribution < 1.29 is 9.84 Å². The molecule has 1 saturated carbocycles. The van der Waals surface area contributed by atoms with Gasteiger partial charge in [0.15, 0.2) is 0 Å². The Bertz CT molecular complexity index is 476. The Kier molecular flexibility index (Phi) is 4.51. The van der Waals surface area contributed by atoms with Crippen LogP contribution in [0.3, 0.4) is 0 Å². The van der Waals surface area contributed by atoms with Gasteiger partial charge in [-0.2, -0.15) is 0 Å². The molecule has 0 amide bonds. The van der Waals surface area contributed by atoms with Gasteiger partial charge in [-0.25, -0.2) is 0 Å². The zero-order chi connectivity index (χ0) is 14.7. The standard InChI is InChI=1S/C18H27NO2/c1-14-5-4-9-18(11-14,13-20)19-12-15-8-10-21-17-7-3-2-6-16(15)17/h2-3,6-7,14-15,19-20H,4-5,8-13H2,1H3. The molecule has 0 radical (unpaired) electrons. The Morgan fingerprint density at radius 2 is 2.19 bits per heavy atom. The number of fused-ring (bicyclic) bond motifs is 1. The van der Waals surface area contributed by atoms with Crippen molar-refractivity contribution in [3.8, 4) is 5.75 Å². The highest BCUT2D eigenvalue weighted by molar-refractivity contribution is 5.38. The van der Waals surface area contributed by atoms with Gasteiger partial charge in [0.2, 0.25) is 0 Å². The first kappa shape index (κ1) is 14.9. The molecule has 1 heterocycles. The minimum Gasteiger partial charge on any atom is -0.493 e. The predicted molar refractivity (Wildman–Crippen MR) is 84.7 cm³/mol. The van der Waals surface area contributed by atoms with Crippen LogP contribution in [-0.2, 0) is 0 Å². The highest BCUT2D eigenvalue weighted by Crippen LogP contribution is 2.35. The van der Waals surface area contributed by atoms with Crippen LogP contribution in [0.25, 0.3) is 0 Å². The average molecular weight is 289 g/mol. The molecule has 0 aromatic heterocycles. The van der Waals surface area contributed by atoms with Crippen LogP contribution >= 0.6 is 0 Å². The van der Waals surface area contributed by atoms with Crippen LogP contribution in [0.15, 0.2) is 24.3 Å². The molecule has 1 aromatic carbocycles. The maximum atomic E-state index is 9.90. The number of aliphatic hydroxyl groups is 1.